The molecule has 4 aromatic rings. The average Bonchev–Trinajstić information content (AvgIpc) is 3.53. The van der Waals surface area contributed by atoms with E-state index in [1.807, 2.05) is 6.92 Å². The van der Waals surface area contributed by atoms with E-state index >= 15 is 0 Å². The van der Waals surface area contributed by atoms with Crippen molar-refractivity contribution in [2.24, 2.45) is 0 Å². The zero-order chi connectivity index (χ0) is 28.3. The topological polar surface area (TPSA) is 107 Å². The molecular weight excluding hydrogens is 558 g/mol. The number of nitrogens with one attached hydrogen (secondary N) is 2. The third-order valence-electron chi connectivity index (χ3n) is 5.64. The molecule has 0 aliphatic carbocycles. The van der Waals surface area contributed by atoms with Crippen LogP contribution >= 0.6 is 23.2 Å². The summed E-state index contributed by atoms with van der Waals surface area (Å²) in [7, 11) is 0. The van der Waals surface area contributed by atoms with Crippen molar-refractivity contribution in [3.05, 3.63) is 86.9 Å². The number of nitrogens with zero attached hydrogens (tertiary/aromatic N) is 5. The number of carbonyl (C=O) groups is 2. The highest BCUT2D eigenvalue weighted by molar-refractivity contribution is 6.32. The van der Waals surface area contributed by atoms with Crippen molar-refractivity contribution < 1.29 is 22.8 Å². The van der Waals surface area contributed by atoms with Gasteiger partial charge in [0, 0.05) is 17.8 Å². The monoisotopic (exact) mass is 579 g/mol. The lowest BCUT2D eigenvalue weighted by molar-refractivity contribution is -0.145. The van der Waals surface area contributed by atoms with Crippen molar-refractivity contribution in [1.82, 2.24) is 30.1 Å². The second-order valence-electron chi connectivity index (χ2n) is 8.35. The van der Waals surface area contributed by atoms with Gasteiger partial charge in [-0.3, -0.25) is 9.59 Å². The highest BCUT2D eigenvalue weighted by Gasteiger charge is 2.36. The van der Waals surface area contributed by atoms with Crippen LogP contribution in [0.1, 0.15) is 51.6 Å². The van der Waals surface area contributed by atoms with Crippen LogP contribution in [0.15, 0.2) is 48.7 Å². The molecule has 9 nitrogen and oxygen atoms in total. The minimum absolute atomic E-state index is 0.105. The number of amides is 2. The van der Waals surface area contributed by atoms with Gasteiger partial charge in [0.1, 0.15) is 5.69 Å². The molecule has 0 atom stereocenters. The summed E-state index contributed by atoms with van der Waals surface area (Å²) in [5, 5.41) is 16.1. The second-order valence-corrected chi connectivity index (χ2v) is 9.19. The van der Waals surface area contributed by atoms with E-state index in [0.717, 1.165) is 4.80 Å². The second kappa shape index (κ2) is 11.5. The molecule has 204 valence electrons. The summed E-state index contributed by atoms with van der Waals surface area (Å²) < 4.78 is 40.3. The van der Waals surface area contributed by atoms with E-state index in [4.69, 9.17) is 23.2 Å². The summed E-state index contributed by atoms with van der Waals surface area (Å²) in [6.45, 7) is 3.78. The number of halogens is 5. The van der Waals surface area contributed by atoms with Gasteiger partial charge < -0.3 is 15.2 Å². The van der Waals surface area contributed by atoms with Gasteiger partial charge in [0.2, 0.25) is 0 Å². The smallest absolute Gasteiger partial charge is 0.352 e. The van der Waals surface area contributed by atoms with Gasteiger partial charge in [-0.05, 0) is 60.0 Å². The Balaban J connectivity index is 1.76. The van der Waals surface area contributed by atoms with Crippen LogP contribution in [0.3, 0.4) is 0 Å². The summed E-state index contributed by atoms with van der Waals surface area (Å²) in [5.41, 5.74) is 2.08. The Bertz CT molecular complexity index is 1530. The first kappa shape index (κ1) is 28.1. The molecule has 2 amide bonds. The molecule has 0 saturated carbocycles. The zero-order valence-electron chi connectivity index (χ0n) is 20.7. The molecule has 0 aliphatic heterocycles. The minimum atomic E-state index is -4.75. The number of anilines is 1. The number of hydrogen-bond acceptors (Lipinski definition) is 5. The van der Waals surface area contributed by atoms with Crippen molar-refractivity contribution >= 4 is 40.7 Å². The summed E-state index contributed by atoms with van der Waals surface area (Å²) in [6, 6.07) is 11.4. The first-order chi connectivity index (χ1) is 18.5. The predicted octanol–water partition coefficient (Wildman–Crippen LogP) is 5.40. The van der Waals surface area contributed by atoms with Crippen molar-refractivity contribution in [1.29, 1.82) is 0 Å². The van der Waals surface area contributed by atoms with Crippen molar-refractivity contribution in [3.8, 4) is 5.69 Å². The molecule has 2 heterocycles. The van der Waals surface area contributed by atoms with Gasteiger partial charge in [0.25, 0.3) is 17.6 Å². The fraction of sp³-hybridized carbons (Fsp3) is 0.240. The Kier molecular flexibility index (Phi) is 8.26. The minimum Gasteiger partial charge on any atom is -0.352 e. The molecule has 2 aromatic heterocycles. The lowest BCUT2D eigenvalue weighted by Gasteiger charge is -2.17. The number of rotatable bonds is 8. The molecule has 0 unspecified atom stereocenters. The maximum atomic E-state index is 13.7. The molecule has 0 aliphatic rings. The highest BCUT2D eigenvalue weighted by atomic mass is 35.5. The number of aryl methyl sites for hydroxylation is 1. The number of alkyl halides is 3. The summed E-state index contributed by atoms with van der Waals surface area (Å²) in [4.78, 5) is 27.2. The van der Waals surface area contributed by atoms with Crippen molar-refractivity contribution in [3.63, 3.8) is 0 Å². The Morgan fingerprint density at radius 1 is 1.05 bits per heavy atom. The van der Waals surface area contributed by atoms with Crippen molar-refractivity contribution in [2.75, 3.05) is 11.9 Å². The normalized spacial score (nSPS) is 11.5. The van der Waals surface area contributed by atoms with Gasteiger partial charge in [-0.2, -0.15) is 18.0 Å². The van der Waals surface area contributed by atoms with Crippen LogP contribution in [0.5, 0.6) is 0 Å². The lowest BCUT2D eigenvalue weighted by Crippen LogP contribution is -2.26. The zero-order valence-corrected chi connectivity index (χ0v) is 22.2. The molecule has 0 spiro atoms. The number of benzene rings is 2. The molecule has 0 radical (unpaired) electrons. The maximum Gasteiger partial charge on any atom is 0.455 e. The lowest BCUT2D eigenvalue weighted by atomic mass is 10.0. The number of aromatic nitrogens is 5. The van der Waals surface area contributed by atoms with Gasteiger partial charge in [0.15, 0.2) is 0 Å². The fourth-order valence-electron chi connectivity index (χ4n) is 3.91. The molecular formula is C25H22Cl2F3N7O2. The van der Waals surface area contributed by atoms with Crippen LogP contribution in [0, 0.1) is 0 Å². The van der Waals surface area contributed by atoms with Gasteiger partial charge in [-0.1, -0.05) is 42.3 Å². The van der Waals surface area contributed by atoms with E-state index in [1.54, 1.807) is 43.5 Å². The molecule has 2 N–H and O–H groups in total. The van der Waals surface area contributed by atoms with Gasteiger partial charge in [-0.15, -0.1) is 10.2 Å². The van der Waals surface area contributed by atoms with Gasteiger partial charge in [-0.25, -0.2) is 0 Å². The standard InChI is InChI=1S/C25H22Cl2F3N7O2/c1-3-15-10-16(26)11-17(22(38)31-4-2)21(15)32-23(39)20-9-14(12-36(20)19-8-6-5-7-18(19)27)13-37-34-24(33-35-37)25(28,29)30/h5-12H,3-4,13H2,1-2H3,(H,31,38)(H,32,39). The van der Waals surface area contributed by atoms with Gasteiger partial charge in [0.05, 0.1) is 28.5 Å². The maximum absolute atomic E-state index is 13.7. The summed E-state index contributed by atoms with van der Waals surface area (Å²) in [5.74, 6) is -2.38. The van der Waals surface area contributed by atoms with Crippen LogP contribution in [0.25, 0.3) is 5.69 Å². The Morgan fingerprint density at radius 3 is 2.44 bits per heavy atom. The highest BCUT2D eigenvalue weighted by Crippen LogP contribution is 2.30. The number of carbonyl (C=O) groups excluding carboxylic acids is 2. The Hall–Kier alpha value is -3.90. The third kappa shape index (κ3) is 6.23. The summed E-state index contributed by atoms with van der Waals surface area (Å²) >= 11 is 12.6. The van der Waals surface area contributed by atoms with E-state index in [9.17, 15) is 22.8 Å². The third-order valence-corrected chi connectivity index (χ3v) is 6.18. The quantitative estimate of drug-likeness (QED) is 0.290. The molecule has 0 bridgehead atoms. The predicted molar refractivity (Wildman–Crippen MR) is 139 cm³/mol. The molecule has 2 aromatic carbocycles. The van der Waals surface area contributed by atoms with Gasteiger partial charge >= 0.3 is 6.18 Å². The van der Waals surface area contributed by atoms with Crippen molar-refractivity contribution in [2.45, 2.75) is 33.0 Å². The molecule has 0 saturated heterocycles. The first-order valence-corrected chi connectivity index (χ1v) is 12.5. The molecule has 14 heteroatoms. The first-order valence-electron chi connectivity index (χ1n) is 11.7. The number of hydrogen-bond donors (Lipinski definition) is 2. The van der Waals surface area contributed by atoms with Crippen LogP contribution in [0.2, 0.25) is 10.0 Å². The van der Waals surface area contributed by atoms with E-state index < -0.39 is 23.8 Å². The molecule has 39 heavy (non-hydrogen) atoms. The van der Waals surface area contributed by atoms with E-state index in [-0.39, 0.29) is 17.8 Å². The number of para-hydroxylation sites is 1. The summed E-state index contributed by atoms with van der Waals surface area (Å²) in [6.07, 6.45) is -2.73. The van der Waals surface area contributed by atoms with Crippen LogP contribution < -0.4 is 10.6 Å². The molecule has 0 fully saturated rings. The van der Waals surface area contributed by atoms with Crippen LogP contribution in [-0.4, -0.2) is 43.1 Å². The SMILES string of the molecule is CCNC(=O)c1cc(Cl)cc(CC)c1NC(=O)c1cc(Cn2nnc(C(F)(F)F)n2)cn1-c1ccccc1Cl. The van der Waals surface area contributed by atoms with E-state index in [2.05, 4.69) is 26.0 Å². The fourth-order valence-corrected chi connectivity index (χ4v) is 4.38. The van der Waals surface area contributed by atoms with E-state index in [1.165, 1.54) is 16.7 Å². The Labute approximate surface area is 230 Å². The van der Waals surface area contributed by atoms with Crippen LogP contribution in [0.4, 0.5) is 18.9 Å². The molecule has 4 rings (SSSR count). The average molecular weight is 580 g/mol. The number of tetrazole rings is 1. The Morgan fingerprint density at radius 2 is 1.79 bits per heavy atom. The largest absolute Gasteiger partial charge is 0.455 e. The van der Waals surface area contributed by atoms with Crippen LogP contribution in [-0.2, 0) is 19.1 Å². The van der Waals surface area contributed by atoms with E-state index in [0.29, 0.717) is 45.5 Å².